The minimum atomic E-state index is -3.67. The van der Waals surface area contributed by atoms with Gasteiger partial charge in [-0.15, -0.1) is 0 Å². The summed E-state index contributed by atoms with van der Waals surface area (Å²) in [5, 5.41) is 12.3. The van der Waals surface area contributed by atoms with Crippen LogP contribution in [0.1, 0.15) is 18.4 Å². The van der Waals surface area contributed by atoms with Crippen molar-refractivity contribution in [1.82, 2.24) is 10.6 Å². The monoisotopic (exact) mass is 342 g/mol. The van der Waals surface area contributed by atoms with Gasteiger partial charge in [-0.2, -0.15) is 11.8 Å². The summed E-state index contributed by atoms with van der Waals surface area (Å²) in [5.74, 6) is 1.95. The number of nitrogens with zero attached hydrogens (tertiary/aromatic N) is 1. The highest BCUT2D eigenvalue weighted by Gasteiger charge is 2.15. The summed E-state index contributed by atoms with van der Waals surface area (Å²) in [4.78, 5) is 4.30. The lowest BCUT2D eigenvalue weighted by atomic mass is 10.2. The van der Waals surface area contributed by atoms with Crippen LogP contribution in [0.2, 0.25) is 0 Å². The second-order valence-electron chi connectivity index (χ2n) is 5.13. The number of nitrogens with two attached hydrogens (primary N) is 1. The molecule has 8 heteroatoms. The second-order valence-corrected chi connectivity index (χ2v) is 8.10. The Labute approximate surface area is 136 Å². The van der Waals surface area contributed by atoms with Crippen LogP contribution in [0.3, 0.4) is 0 Å². The van der Waals surface area contributed by atoms with Gasteiger partial charge in [0.25, 0.3) is 0 Å². The van der Waals surface area contributed by atoms with Crippen molar-refractivity contribution in [3.63, 3.8) is 0 Å². The minimum Gasteiger partial charge on any atom is -0.355 e. The predicted octanol–water partition coefficient (Wildman–Crippen LogP) is 0.895. The minimum absolute atomic E-state index is 0.122. The molecule has 2 rings (SSSR count). The molecule has 122 valence electrons. The van der Waals surface area contributed by atoms with Gasteiger partial charge in [0.1, 0.15) is 0 Å². The van der Waals surface area contributed by atoms with Crippen LogP contribution in [0.25, 0.3) is 0 Å². The Morgan fingerprint density at radius 3 is 2.91 bits per heavy atom. The number of hydrogen-bond acceptors (Lipinski definition) is 4. The summed E-state index contributed by atoms with van der Waals surface area (Å²) >= 11 is 1.99. The molecule has 6 nitrogen and oxygen atoms in total. The molecule has 1 heterocycles. The lowest BCUT2D eigenvalue weighted by Gasteiger charge is -2.15. The molecule has 0 bridgehead atoms. The number of primary sulfonamides is 1. The van der Waals surface area contributed by atoms with Crippen molar-refractivity contribution in [2.45, 2.75) is 29.5 Å². The van der Waals surface area contributed by atoms with Crippen LogP contribution in [-0.4, -0.2) is 39.0 Å². The van der Waals surface area contributed by atoms with Crippen molar-refractivity contribution in [2.24, 2.45) is 10.1 Å². The van der Waals surface area contributed by atoms with Crippen molar-refractivity contribution >= 4 is 27.7 Å². The number of hydrogen-bond donors (Lipinski definition) is 3. The van der Waals surface area contributed by atoms with E-state index < -0.39 is 10.0 Å². The quantitative estimate of drug-likeness (QED) is 0.545. The molecular weight excluding hydrogens is 320 g/mol. The molecule has 1 saturated heterocycles. The molecule has 1 atom stereocenters. The number of rotatable bonds is 5. The molecule has 22 heavy (non-hydrogen) atoms. The zero-order chi connectivity index (χ0) is 16.0. The van der Waals surface area contributed by atoms with Gasteiger partial charge in [0.2, 0.25) is 10.0 Å². The number of benzene rings is 1. The van der Waals surface area contributed by atoms with Gasteiger partial charge < -0.3 is 10.6 Å². The van der Waals surface area contributed by atoms with Crippen LogP contribution in [0.4, 0.5) is 0 Å². The Kier molecular flexibility index (Phi) is 6.10. The maximum atomic E-state index is 11.3. The van der Waals surface area contributed by atoms with Crippen molar-refractivity contribution in [3.8, 4) is 0 Å². The molecule has 1 unspecified atom stereocenters. The maximum absolute atomic E-state index is 11.3. The van der Waals surface area contributed by atoms with Crippen LogP contribution in [0, 0.1) is 0 Å². The Morgan fingerprint density at radius 1 is 1.45 bits per heavy atom. The fourth-order valence-electron chi connectivity index (χ4n) is 2.25. The van der Waals surface area contributed by atoms with Gasteiger partial charge in [-0.05, 0) is 36.3 Å². The first kappa shape index (κ1) is 17.1. The van der Waals surface area contributed by atoms with Crippen LogP contribution in [0.5, 0.6) is 0 Å². The third-order valence-electron chi connectivity index (χ3n) is 3.43. The molecule has 1 aliphatic heterocycles. The Balaban J connectivity index is 1.87. The van der Waals surface area contributed by atoms with Crippen LogP contribution < -0.4 is 15.8 Å². The first-order chi connectivity index (χ1) is 10.5. The molecule has 0 saturated carbocycles. The average Bonchev–Trinajstić information content (AvgIpc) is 3.00. The summed E-state index contributed by atoms with van der Waals surface area (Å²) < 4.78 is 22.7. The fourth-order valence-corrected chi connectivity index (χ4v) is 4.04. The average molecular weight is 342 g/mol. The molecular formula is C14H22N4O2S2. The molecule has 1 aromatic rings. The van der Waals surface area contributed by atoms with Gasteiger partial charge in [0.05, 0.1) is 4.90 Å². The zero-order valence-corrected chi connectivity index (χ0v) is 14.2. The molecule has 0 aliphatic carbocycles. The highest BCUT2D eigenvalue weighted by Crippen LogP contribution is 2.25. The van der Waals surface area contributed by atoms with E-state index in [1.165, 1.54) is 24.7 Å². The van der Waals surface area contributed by atoms with Crippen LogP contribution in [0.15, 0.2) is 34.2 Å². The van der Waals surface area contributed by atoms with Gasteiger partial charge >= 0.3 is 0 Å². The van der Waals surface area contributed by atoms with E-state index in [9.17, 15) is 8.42 Å². The Bertz CT molecular complexity index is 625. The topological polar surface area (TPSA) is 96.6 Å². The number of sulfonamides is 1. The molecule has 0 amide bonds. The first-order valence-electron chi connectivity index (χ1n) is 7.17. The van der Waals surface area contributed by atoms with E-state index in [2.05, 4.69) is 15.6 Å². The SMILES string of the molecule is CN=C(NCc1cccc(S(N)(=O)=O)c1)NCC1CCCS1. The molecule has 1 aliphatic rings. The van der Waals surface area contributed by atoms with E-state index in [1.54, 1.807) is 19.2 Å². The molecule has 0 radical (unpaired) electrons. The summed E-state index contributed by atoms with van der Waals surface area (Å²) in [5.41, 5.74) is 0.838. The summed E-state index contributed by atoms with van der Waals surface area (Å²) in [6, 6.07) is 6.59. The Morgan fingerprint density at radius 2 is 2.27 bits per heavy atom. The summed E-state index contributed by atoms with van der Waals surface area (Å²) in [7, 11) is -1.95. The van der Waals surface area contributed by atoms with Gasteiger partial charge in [-0.3, -0.25) is 4.99 Å². The maximum Gasteiger partial charge on any atom is 0.238 e. The number of guanidine groups is 1. The smallest absolute Gasteiger partial charge is 0.238 e. The number of thioether (sulfide) groups is 1. The van der Waals surface area contributed by atoms with Crippen molar-refractivity contribution in [1.29, 1.82) is 0 Å². The zero-order valence-electron chi connectivity index (χ0n) is 12.6. The molecule has 1 fully saturated rings. The van der Waals surface area contributed by atoms with Gasteiger partial charge in [0, 0.05) is 25.4 Å². The Hall–Kier alpha value is -1.25. The lowest BCUT2D eigenvalue weighted by Crippen LogP contribution is -2.39. The van der Waals surface area contributed by atoms with Gasteiger partial charge in [-0.1, -0.05) is 12.1 Å². The van der Waals surface area contributed by atoms with E-state index in [-0.39, 0.29) is 4.90 Å². The van der Waals surface area contributed by atoms with Crippen molar-refractivity contribution in [3.05, 3.63) is 29.8 Å². The van der Waals surface area contributed by atoms with Crippen molar-refractivity contribution < 1.29 is 8.42 Å². The van der Waals surface area contributed by atoms with Gasteiger partial charge in [-0.25, -0.2) is 13.6 Å². The highest BCUT2D eigenvalue weighted by atomic mass is 32.2. The number of aliphatic imine (C=N–C) groups is 1. The highest BCUT2D eigenvalue weighted by molar-refractivity contribution is 8.00. The van der Waals surface area contributed by atoms with Crippen molar-refractivity contribution in [2.75, 3.05) is 19.3 Å². The largest absolute Gasteiger partial charge is 0.355 e. The van der Waals surface area contributed by atoms with Crippen LogP contribution >= 0.6 is 11.8 Å². The second kappa shape index (κ2) is 7.85. The third kappa shape index (κ3) is 5.19. The predicted molar refractivity (Wildman–Crippen MR) is 91.5 cm³/mol. The fraction of sp³-hybridized carbons (Fsp3) is 0.500. The molecule has 0 aromatic heterocycles. The van der Waals surface area contributed by atoms with E-state index in [0.29, 0.717) is 17.8 Å². The van der Waals surface area contributed by atoms with Crippen LogP contribution in [-0.2, 0) is 16.6 Å². The molecule has 4 N–H and O–H groups in total. The molecule has 0 spiro atoms. The van der Waals surface area contributed by atoms with Gasteiger partial charge in [0.15, 0.2) is 5.96 Å². The van der Waals surface area contributed by atoms with E-state index in [0.717, 1.165) is 12.1 Å². The lowest BCUT2D eigenvalue weighted by molar-refractivity contribution is 0.597. The number of nitrogens with one attached hydrogen (secondary N) is 2. The van der Waals surface area contributed by atoms with E-state index in [1.807, 2.05) is 17.8 Å². The van der Waals surface area contributed by atoms with E-state index >= 15 is 0 Å². The first-order valence-corrected chi connectivity index (χ1v) is 9.76. The molecule has 1 aromatic carbocycles. The normalized spacial score (nSPS) is 19.2. The van der Waals surface area contributed by atoms with E-state index in [4.69, 9.17) is 5.14 Å². The third-order valence-corrected chi connectivity index (χ3v) is 5.74. The summed E-state index contributed by atoms with van der Waals surface area (Å²) in [6.45, 7) is 1.38. The standard InChI is InChI=1S/C14H22N4O2S2/c1-16-14(18-10-12-5-3-7-21-12)17-9-11-4-2-6-13(8-11)22(15,19)20/h2,4,6,8,12H,3,5,7,9-10H2,1H3,(H2,15,19,20)(H2,16,17,18). The summed E-state index contributed by atoms with van der Waals surface area (Å²) in [6.07, 6.45) is 2.52.